The Morgan fingerprint density at radius 1 is 0.895 bits per heavy atom. The van der Waals surface area contributed by atoms with Crippen LogP contribution in [-0.4, -0.2) is 17.5 Å². The Morgan fingerprint density at radius 2 is 1.26 bits per heavy atom. The summed E-state index contributed by atoms with van der Waals surface area (Å²) in [6, 6.07) is 0. The molecule has 2 unspecified atom stereocenters. The molecule has 0 aliphatic heterocycles. The number of hydrogen-bond donors (Lipinski definition) is 2. The summed E-state index contributed by atoms with van der Waals surface area (Å²) in [7, 11) is 0. The number of unbranched alkanes of at least 4 members (excludes halogenated alkanes) is 4. The normalized spacial score (nSPS) is 13.3. The van der Waals surface area contributed by atoms with Crippen molar-refractivity contribution in [2.24, 2.45) is 11.5 Å². The van der Waals surface area contributed by atoms with Crippen molar-refractivity contribution < 1.29 is 31.5 Å². The third-order valence-corrected chi connectivity index (χ3v) is 2.63. The molecular formula is C12H28CoN3O3+. The molecule has 0 aliphatic rings. The molecule has 0 heterocycles. The van der Waals surface area contributed by atoms with Crippen LogP contribution in [0, 0.1) is 4.91 Å². The molecule has 4 N–H and O–H groups in total. The Balaban J connectivity index is 0. The van der Waals surface area contributed by atoms with Crippen molar-refractivity contribution in [3.63, 3.8) is 0 Å². The average Bonchev–Trinajstić information content (AvgIpc) is 2.29. The molecule has 0 aliphatic carbocycles. The van der Waals surface area contributed by atoms with Gasteiger partial charge in [-0.1, -0.05) is 39.5 Å². The summed E-state index contributed by atoms with van der Waals surface area (Å²) in [6.45, 7) is 4.20. The largest absolute Gasteiger partial charge is 0.480 e. The SMILES string of the molecule is CCCCCC(N)O[N+](=O)OC(N)CCCCC.[Co]. The number of nitrogens with zero attached hydrogens (tertiary/aromatic N) is 1. The van der Waals surface area contributed by atoms with Gasteiger partial charge in [0.05, 0.1) is 0 Å². The third kappa shape index (κ3) is 13.9. The van der Waals surface area contributed by atoms with E-state index in [1.807, 2.05) is 0 Å². The molecular weight excluding hydrogens is 293 g/mol. The quantitative estimate of drug-likeness (QED) is 0.327. The second-order valence-electron chi connectivity index (χ2n) is 4.50. The van der Waals surface area contributed by atoms with Crippen LogP contribution in [0.1, 0.15) is 65.2 Å². The zero-order valence-electron chi connectivity index (χ0n) is 12.0. The van der Waals surface area contributed by atoms with Crippen LogP contribution in [0.15, 0.2) is 0 Å². The first kappa shape index (κ1) is 20.9. The molecule has 0 aromatic carbocycles. The summed E-state index contributed by atoms with van der Waals surface area (Å²) in [5.74, 6) is 0. The van der Waals surface area contributed by atoms with E-state index < -0.39 is 12.5 Å². The van der Waals surface area contributed by atoms with Crippen molar-refractivity contribution in [1.82, 2.24) is 0 Å². The molecule has 0 saturated heterocycles. The predicted octanol–water partition coefficient (Wildman–Crippen LogP) is 2.36. The summed E-state index contributed by atoms with van der Waals surface area (Å²) < 4.78 is 0. The van der Waals surface area contributed by atoms with Gasteiger partial charge in [0.25, 0.3) is 0 Å². The van der Waals surface area contributed by atoms with Crippen LogP contribution in [0.4, 0.5) is 0 Å². The summed E-state index contributed by atoms with van der Waals surface area (Å²) in [6.07, 6.45) is 6.26. The van der Waals surface area contributed by atoms with Crippen molar-refractivity contribution in [2.45, 2.75) is 77.7 Å². The molecule has 0 aromatic rings. The van der Waals surface area contributed by atoms with E-state index >= 15 is 0 Å². The Bertz CT molecular complexity index is 200. The van der Waals surface area contributed by atoms with Gasteiger partial charge >= 0.3 is 5.09 Å². The first-order valence-electron chi connectivity index (χ1n) is 6.92. The standard InChI is InChI=1S/C12H28N3O3.Co/c1-3-5-7-9-11(13)17-15(16)18-12(14)10-8-6-4-2;/h11-12H,3-10,13-14H2,1-2H3;/q+1;. The molecule has 19 heavy (non-hydrogen) atoms. The third-order valence-electron chi connectivity index (χ3n) is 2.63. The first-order valence-corrected chi connectivity index (χ1v) is 6.92. The van der Waals surface area contributed by atoms with E-state index in [4.69, 9.17) is 21.1 Å². The van der Waals surface area contributed by atoms with E-state index in [-0.39, 0.29) is 21.9 Å². The minimum Gasteiger partial charge on any atom is -0.290 e. The maximum atomic E-state index is 11.2. The zero-order chi connectivity index (χ0) is 13.8. The van der Waals surface area contributed by atoms with Gasteiger partial charge in [-0.3, -0.25) is 11.5 Å². The predicted molar refractivity (Wildman–Crippen MR) is 70.0 cm³/mol. The Kier molecular flexibility index (Phi) is 15.5. The van der Waals surface area contributed by atoms with Crippen LogP contribution in [0.5, 0.6) is 0 Å². The smallest absolute Gasteiger partial charge is 0.290 e. The maximum absolute atomic E-state index is 11.2. The summed E-state index contributed by atoms with van der Waals surface area (Å²) in [5, 5.41) is 0.0488. The fourth-order valence-electron chi connectivity index (χ4n) is 1.54. The average molecular weight is 321 g/mol. The molecule has 0 bridgehead atoms. The van der Waals surface area contributed by atoms with Crippen molar-refractivity contribution in [2.75, 3.05) is 0 Å². The van der Waals surface area contributed by atoms with E-state index in [1.54, 1.807) is 0 Å². The minimum atomic E-state index is -0.628. The topological polar surface area (TPSA) is 90.6 Å². The molecule has 0 aromatic heterocycles. The van der Waals surface area contributed by atoms with Gasteiger partial charge in [-0.2, -0.15) is 9.68 Å². The Labute approximate surface area is 126 Å². The number of nitrogens with two attached hydrogens (primary N) is 2. The maximum Gasteiger partial charge on any atom is 0.480 e. The van der Waals surface area contributed by atoms with Gasteiger partial charge < -0.3 is 0 Å². The summed E-state index contributed by atoms with van der Waals surface area (Å²) >= 11 is 0. The second kappa shape index (κ2) is 14.0. The Morgan fingerprint density at radius 3 is 1.58 bits per heavy atom. The molecule has 0 amide bonds. The van der Waals surface area contributed by atoms with Crippen molar-refractivity contribution in [3.05, 3.63) is 4.91 Å². The molecule has 7 heteroatoms. The van der Waals surface area contributed by atoms with Gasteiger partial charge in [0.1, 0.15) is 4.91 Å². The molecule has 6 nitrogen and oxygen atoms in total. The second-order valence-corrected chi connectivity index (χ2v) is 4.50. The zero-order valence-corrected chi connectivity index (χ0v) is 13.0. The van der Waals surface area contributed by atoms with Crippen LogP contribution in [0.2, 0.25) is 0 Å². The van der Waals surface area contributed by atoms with E-state index in [1.165, 1.54) is 0 Å². The van der Waals surface area contributed by atoms with Crippen LogP contribution < -0.4 is 11.5 Å². The molecule has 0 spiro atoms. The van der Waals surface area contributed by atoms with Crippen LogP contribution in [0.25, 0.3) is 0 Å². The Hall–Kier alpha value is -0.374. The summed E-state index contributed by atoms with van der Waals surface area (Å²) in [5.41, 5.74) is 11.3. The van der Waals surface area contributed by atoms with E-state index in [2.05, 4.69) is 13.8 Å². The molecule has 1 radical (unpaired) electrons. The van der Waals surface area contributed by atoms with Gasteiger partial charge in [-0.15, -0.1) is 0 Å². The fourth-order valence-corrected chi connectivity index (χ4v) is 1.54. The van der Waals surface area contributed by atoms with E-state index in [0.29, 0.717) is 12.8 Å². The van der Waals surface area contributed by atoms with Crippen molar-refractivity contribution in [3.8, 4) is 0 Å². The minimum absolute atomic E-state index is 0. The van der Waals surface area contributed by atoms with Crippen molar-refractivity contribution >= 4 is 0 Å². The van der Waals surface area contributed by atoms with Gasteiger partial charge in [-0.25, -0.2) is 0 Å². The van der Waals surface area contributed by atoms with E-state index in [9.17, 15) is 4.91 Å². The molecule has 117 valence electrons. The molecule has 0 fully saturated rings. The van der Waals surface area contributed by atoms with Crippen LogP contribution in [-0.2, 0) is 26.5 Å². The van der Waals surface area contributed by atoms with E-state index in [0.717, 1.165) is 38.5 Å². The number of rotatable bonds is 12. The fraction of sp³-hybridized carbons (Fsp3) is 1.00. The van der Waals surface area contributed by atoms with Gasteiger partial charge in [0, 0.05) is 29.6 Å². The van der Waals surface area contributed by atoms with Crippen molar-refractivity contribution in [1.29, 1.82) is 0 Å². The van der Waals surface area contributed by atoms with Gasteiger partial charge in [0.15, 0.2) is 0 Å². The molecule has 0 saturated carbocycles. The monoisotopic (exact) mass is 321 g/mol. The molecule has 2 atom stereocenters. The van der Waals surface area contributed by atoms with Gasteiger partial charge in [-0.05, 0) is 12.8 Å². The molecule has 0 rings (SSSR count). The first-order chi connectivity index (χ1) is 8.60. The summed E-state index contributed by atoms with van der Waals surface area (Å²) in [4.78, 5) is 20.9. The van der Waals surface area contributed by atoms with Crippen LogP contribution >= 0.6 is 0 Å². The number of hydrogen-bond acceptors (Lipinski definition) is 5. The van der Waals surface area contributed by atoms with Crippen LogP contribution in [0.3, 0.4) is 0 Å². The van der Waals surface area contributed by atoms with Gasteiger partial charge in [0.2, 0.25) is 12.5 Å².